The van der Waals surface area contributed by atoms with Gasteiger partial charge in [-0.3, -0.25) is 20.0 Å². The van der Waals surface area contributed by atoms with Crippen LogP contribution in [0.3, 0.4) is 0 Å². The van der Waals surface area contributed by atoms with Crippen molar-refractivity contribution >= 4 is 29.3 Å². The summed E-state index contributed by atoms with van der Waals surface area (Å²) in [6, 6.07) is 8.36. The van der Waals surface area contributed by atoms with Crippen molar-refractivity contribution in [2.45, 2.75) is 12.5 Å². The van der Waals surface area contributed by atoms with Crippen molar-refractivity contribution in [3.63, 3.8) is 0 Å². The average molecular weight is 434 g/mol. The first-order chi connectivity index (χ1) is 15.6. The van der Waals surface area contributed by atoms with E-state index in [1.165, 1.54) is 6.20 Å². The molecule has 0 bridgehead atoms. The largest absolute Gasteiger partial charge is 0.394 e. The number of hydrogen-bond donors (Lipinski definition) is 6. The molecule has 2 aromatic heterocycles. The van der Waals surface area contributed by atoms with Crippen molar-refractivity contribution in [2.75, 3.05) is 23.8 Å². The molecule has 1 aliphatic heterocycles. The molecule has 1 aromatic carbocycles. The Morgan fingerprint density at radius 2 is 2.16 bits per heavy atom. The lowest BCUT2D eigenvalue weighted by Gasteiger charge is -2.20. The normalized spacial score (nSPS) is 13.5. The van der Waals surface area contributed by atoms with E-state index in [0.717, 1.165) is 17.5 Å². The first kappa shape index (κ1) is 21.2. The number of benzene rings is 1. The highest BCUT2D eigenvalue weighted by molar-refractivity contribution is 5.98. The van der Waals surface area contributed by atoms with Crippen molar-refractivity contribution in [1.29, 1.82) is 0 Å². The summed E-state index contributed by atoms with van der Waals surface area (Å²) in [7, 11) is 0. The second-order valence-electron chi connectivity index (χ2n) is 7.10. The summed E-state index contributed by atoms with van der Waals surface area (Å²) in [6.45, 7) is 0.328. The maximum absolute atomic E-state index is 12.2. The Bertz CT molecular complexity index is 1140. The predicted octanol–water partition coefficient (Wildman–Crippen LogP) is 0.650. The Morgan fingerprint density at radius 1 is 1.28 bits per heavy atom. The molecule has 1 unspecified atom stereocenters. The molecule has 1 aliphatic rings. The summed E-state index contributed by atoms with van der Waals surface area (Å²) in [5.41, 5.74) is 5.16. The molecule has 11 nitrogen and oxygen atoms in total. The summed E-state index contributed by atoms with van der Waals surface area (Å²) < 4.78 is 0. The van der Waals surface area contributed by atoms with Gasteiger partial charge in [0, 0.05) is 36.4 Å². The second-order valence-corrected chi connectivity index (χ2v) is 7.10. The number of anilines is 3. The molecule has 164 valence electrons. The van der Waals surface area contributed by atoms with Gasteiger partial charge < -0.3 is 21.1 Å². The number of nitrogen functional groups attached to an aromatic ring is 1. The number of pyridine rings is 1. The number of hydrogen-bond acceptors (Lipinski definition) is 9. The topological polar surface area (TPSA) is 167 Å². The molecule has 32 heavy (non-hydrogen) atoms. The Balaban J connectivity index is 1.63. The van der Waals surface area contributed by atoms with Gasteiger partial charge in [-0.25, -0.2) is 10.8 Å². The van der Waals surface area contributed by atoms with Crippen molar-refractivity contribution in [3.8, 4) is 0 Å². The third-order valence-corrected chi connectivity index (χ3v) is 5.03. The zero-order valence-electron chi connectivity index (χ0n) is 17.0. The molecule has 7 N–H and O–H groups in total. The van der Waals surface area contributed by atoms with Gasteiger partial charge in [-0.05, 0) is 41.8 Å². The smallest absolute Gasteiger partial charge is 0.270 e. The summed E-state index contributed by atoms with van der Waals surface area (Å²) in [6.07, 6.45) is 5.30. The molecule has 0 spiro atoms. The summed E-state index contributed by atoms with van der Waals surface area (Å²) >= 11 is 0. The van der Waals surface area contributed by atoms with Gasteiger partial charge in [-0.2, -0.15) is 4.98 Å². The molecule has 0 aliphatic carbocycles. The molecule has 2 amide bonds. The molecule has 0 radical (unpaired) electrons. The minimum Gasteiger partial charge on any atom is -0.394 e. The van der Waals surface area contributed by atoms with Gasteiger partial charge >= 0.3 is 0 Å². The fraction of sp³-hybridized carbons (Fsp3) is 0.190. The molecule has 3 heterocycles. The number of carbonyl (C=O) groups is 2. The lowest BCUT2D eigenvalue weighted by atomic mass is 10.00. The van der Waals surface area contributed by atoms with Crippen LogP contribution in [-0.4, -0.2) is 45.0 Å². The van der Waals surface area contributed by atoms with E-state index >= 15 is 0 Å². The first-order valence-corrected chi connectivity index (χ1v) is 9.92. The van der Waals surface area contributed by atoms with E-state index in [4.69, 9.17) is 5.84 Å². The van der Waals surface area contributed by atoms with Crippen LogP contribution >= 0.6 is 0 Å². The van der Waals surface area contributed by atoms with Gasteiger partial charge in [-0.15, -0.1) is 0 Å². The standard InChI is InChI=1S/C21H22N8O3/c22-29-20(32)16-10-25-21(26-14-3-4-15-12(8-14)5-7-24-19(15)31)28-18(16)27-17(11-30)13-2-1-6-23-9-13/h1-4,6,8-10,17,30H,5,7,11,22H2,(H,24,31)(H,29,32)(H2,25,26,27,28). The van der Waals surface area contributed by atoms with Gasteiger partial charge in [-0.1, -0.05) is 6.07 Å². The third-order valence-electron chi connectivity index (χ3n) is 5.03. The van der Waals surface area contributed by atoms with Crippen LogP contribution in [0, 0.1) is 0 Å². The summed E-state index contributed by atoms with van der Waals surface area (Å²) in [5, 5.41) is 18.8. The minimum absolute atomic E-state index is 0.0943. The minimum atomic E-state index is -0.582. The number of aromatic nitrogens is 3. The van der Waals surface area contributed by atoms with Gasteiger partial charge in [0.1, 0.15) is 11.4 Å². The molecular formula is C21H22N8O3. The fourth-order valence-corrected chi connectivity index (χ4v) is 3.41. The summed E-state index contributed by atoms with van der Waals surface area (Å²) in [4.78, 5) is 36.8. The second kappa shape index (κ2) is 9.37. The van der Waals surface area contributed by atoms with Crippen LogP contribution in [0.4, 0.5) is 17.5 Å². The molecule has 1 atom stereocenters. The number of aliphatic hydroxyl groups excluding tert-OH is 1. The van der Waals surface area contributed by atoms with Crippen molar-refractivity contribution in [2.24, 2.45) is 5.84 Å². The first-order valence-electron chi connectivity index (χ1n) is 9.92. The summed E-state index contributed by atoms with van der Waals surface area (Å²) in [5.74, 6) is 5.03. The van der Waals surface area contributed by atoms with E-state index in [0.29, 0.717) is 17.8 Å². The third kappa shape index (κ3) is 4.48. The number of nitrogens with zero attached hydrogens (tertiary/aromatic N) is 3. The molecule has 0 saturated heterocycles. The number of fused-ring (bicyclic) bond motifs is 1. The van der Waals surface area contributed by atoms with Gasteiger partial charge in [0.2, 0.25) is 5.95 Å². The van der Waals surface area contributed by atoms with Crippen LogP contribution in [-0.2, 0) is 6.42 Å². The highest BCUT2D eigenvalue weighted by Crippen LogP contribution is 2.24. The van der Waals surface area contributed by atoms with Crippen LogP contribution in [0.15, 0.2) is 48.9 Å². The predicted molar refractivity (Wildman–Crippen MR) is 117 cm³/mol. The number of aliphatic hydroxyl groups is 1. The van der Waals surface area contributed by atoms with Gasteiger partial charge in [0.15, 0.2) is 0 Å². The zero-order valence-corrected chi connectivity index (χ0v) is 17.0. The van der Waals surface area contributed by atoms with Crippen LogP contribution in [0.2, 0.25) is 0 Å². The quantitative estimate of drug-likeness (QED) is 0.178. The highest BCUT2D eigenvalue weighted by Gasteiger charge is 2.20. The van der Waals surface area contributed by atoms with Crippen LogP contribution in [0.1, 0.15) is 37.9 Å². The van der Waals surface area contributed by atoms with Gasteiger partial charge in [0.25, 0.3) is 11.8 Å². The Labute approximate surface area is 183 Å². The number of nitrogens with two attached hydrogens (primary N) is 1. The number of nitrogens with one attached hydrogen (secondary N) is 4. The average Bonchev–Trinajstić information content (AvgIpc) is 2.83. The maximum Gasteiger partial charge on any atom is 0.270 e. The number of hydrazine groups is 1. The van der Waals surface area contributed by atoms with Crippen LogP contribution in [0.5, 0.6) is 0 Å². The zero-order chi connectivity index (χ0) is 22.5. The van der Waals surface area contributed by atoms with Crippen molar-refractivity contribution in [3.05, 3.63) is 71.2 Å². The SMILES string of the molecule is NNC(=O)c1cnc(Nc2ccc3c(c2)CCNC3=O)nc1NC(CO)c1cccnc1. The molecular weight excluding hydrogens is 412 g/mol. The molecule has 4 rings (SSSR count). The number of carbonyl (C=O) groups excluding carboxylic acids is 2. The number of rotatable bonds is 7. The van der Waals surface area contributed by atoms with E-state index in [1.54, 1.807) is 36.7 Å². The fourth-order valence-electron chi connectivity index (χ4n) is 3.41. The van der Waals surface area contributed by atoms with Crippen LogP contribution in [0.25, 0.3) is 0 Å². The van der Waals surface area contributed by atoms with E-state index in [-0.39, 0.29) is 29.8 Å². The van der Waals surface area contributed by atoms with E-state index in [1.807, 2.05) is 6.07 Å². The Hall–Kier alpha value is -4.09. The van der Waals surface area contributed by atoms with E-state index in [2.05, 4.69) is 36.3 Å². The Kier molecular flexibility index (Phi) is 6.19. The lowest BCUT2D eigenvalue weighted by Crippen LogP contribution is -2.32. The van der Waals surface area contributed by atoms with Crippen LogP contribution < -0.4 is 27.2 Å². The molecule has 0 fully saturated rings. The molecule has 11 heteroatoms. The Morgan fingerprint density at radius 3 is 2.91 bits per heavy atom. The van der Waals surface area contributed by atoms with Crippen molar-refractivity contribution in [1.82, 2.24) is 25.7 Å². The van der Waals surface area contributed by atoms with Crippen molar-refractivity contribution < 1.29 is 14.7 Å². The monoisotopic (exact) mass is 434 g/mol. The van der Waals surface area contributed by atoms with Gasteiger partial charge in [0.05, 0.1) is 12.6 Å². The lowest BCUT2D eigenvalue weighted by molar-refractivity contribution is 0.0941. The van der Waals surface area contributed by atoms with E-state index in [9.17, 15) is 14.7 Å². The molecule has 0 saturated carbocycles. The highest BCUT2D eigenvalue weighted by atomic mass is 16.3. The molecule has 3 aromatic rings. The van der Waals surface area contributed by atoms with E-state index < -0.39 is 11.9 Å². The maximum atomic E-state index is 12.2. The number of amides is 2.